The SMILES string of the molecule is Cc1c(-c2nc(-c3cccc(Cl)c3)no2)sc2ncn(CC(=O)NC(C)(C)C)c(=O)c12. The van der Waals surface area contributed by atoms with Gasteiger partial charge in [-0.25, -0.2) is 4.98 Å². The third-order valence-electron chi connectivity index (χ3n) is 4.45. The molecule has 0 fully saturated rings. The van der Waals surface area contributed by atoms with E-state index in [1.807, 2.05) is 26.8 Å². The van der Waals surface area contributed by atoms with Gasteiger partial charge in [0, 0.05) is 16.1 Å². The molecule has 31 heavy (non-hydrogen) atoms. The molecule has 0 aliphatic carbocycles. The highest BCUT2D eigenvalue weighted by Gasteiger charge is 2.22. The summed E-state index contributed by atoms with van der Waals surface area (Å²) in [5.74, 6) is 0.442. The fraction of sp³-hybridized carbons (Fsp3) is 0.286. The second kappa shape index (κ2) is 7.90. The number of carbonyl (C=O) groups is 1. The molecule has 1 amide bonds. The predicted octanol–water partition coefficient (Wildman–Crippen LogP) is 4.05. The first-order valence-corrected chi connectivity index (χ1v) is 10.7. The van der Waals surface area contributed by atoms with Crippen molar-refractivity contribution in [1.29, 1.82) is 0 Å². The number of halogens is 1. The van der Waals surface area contributed by atoms with Gasteiger partial charge in [0.15, 0.2) is 0 Å². The summed E-state index contributed by atoms with van der Waals surface area (Å²) in [6, 6.07) is 7.15. The molecule has 8 nitrogen and oxygen atoms in total. The lowest BCUT2D eigenvalue weighted by molar-refractivity contribution is -0.123. The van der Waals surface area contributed by atoms with Gasteiger partial charge < -0.3 is 9.84 Å². The number of rotatable bonds is 4. The van der Waals surface area contributed by atoms with Crippen molar-refractivity contribution in [2.75, 3.05) is 0 Å². The molecular weight excluding hydrogens is 438 g/mol. The number of aromatic nitrogens is 4. The number of carbonyl (C=O) groups excluding carboxylic acids is 1. The van der Waals surface area contributed by atoms with E-state index in [0.29, 0.717) is 37.4 Å². The van der Waals surface area contributed by atoms with Gasteiger partial charge in [0.05, 0.1) is 16.6 Å². The quantitative estimate of drug-likeness (QED) is 0.495. The molecule has 0 aliphatic rings. The number of hydrogen-bond donors (Lipinski definition) is 1. The standard InChI is InChI=1S/C21H20ClN5O3S/c1-11-15-19(23-10-27(20(15)29)9-14(28)25-21(2,3)4)31-16(11)18-24-17(26-30-18)12-6-5-7-13(22)8-12/h5-8,10H,9H2,1-4H3,(H,25,28). The van der Waals surface area contributed by atoms with Crippen LogP contribution in [0.4, 0.5) is 0 Å². The Morgan fingerprint density at radius 1 is 1.32 bits per heavy atom. The highest BCUT2D eigenvalue weighted by Crippen LogP contribution is 2.35. The van der Waals surface area contributed by atoms with Crippen LogP contribution < -0.4 is 10.9 Å². The summed E-state index contributed by atoms with van der Waals surface area (Å²) < 4.78 is 6.75. The lowest BCUT2D eigenvalue weighted by Gasteiger charge is -2.20. The second-order valence-electron chi connectivity index (χ2n) is 8.15. The molecule has 0 aliphatic heterocycles. The van der Waals surface area contributed by atoms with Crippen LogP contribution in [0, 0.1) is 6.92 Å². The van der Waals surface area contributed by atoms with Gasteiger partial charge in [-0.15, -0.1) is 11.3 Å². The van der Waals surface area contributed by atoms with Crippen LogP contribution in [-0.2, 0) is 11.3 Å². The summed E-state index contributed by atoms with van der Waals surface area (Å²) in [5, 5.41) is 7.89. The Kier molecular flexibility index (Phi) is 5.40. The first kappa shape index (κ1) is 21.2. The molecule has 0 radical (unpaired) electrons. The summed E-state index contributed by atoms with van der Waals surface area (Å²) >= 11 is 7.34. The van der Waals surface area contributed by atoms with Crippen molar-refractivity contribution in [2.45, 2.75) is 39.8 Å². The first-order chi connectivity index (χ1) is 14.6. The number of aryl methyl sites for hydroxylation is 1. The van der Waals surface area contributed by atoms with Gasteiger partial charge in [-0.1, -0.05) is 28.9 Å². The van der Waals surface area contributed by atoms with Crippen LogP contribution in [0.25, 0.3) is 32.4 Å². The highest BCUT2D eigenvalue weighted by atomic mass is 35.5. The minimum Gasteiger partial charge on any atom is -0.350 e. The molecule has 0 saturated carbocycles. The molecule has 160 valence electrons. The molecule has 1 N–H and O–H groups in total. The average Bonchev–Trinajstić information content (AvgIpc) is 3.28. The van der Waals surface area contributed by atoms with Crippen molar-refractivity contribution in [2.24, 2.45) is 0 Å². The summed E-state index contributed by atoms with van der Waals surface area (Å²) in [7, 11) is 0. The van der Waals surface area contributed by atoms with E-state index >= 15 is 0 Å². The van der Waals surface area contributed by atoms with E-state index in [1.165, 1.54) is 22.2 Å². The fourth-order valence-electron chi connectivity index (χ4n) is 3.15. The molecule has 10 heteroatoms. The van der Waals surface area contributed by atoms with E-state index in [1.54, 1.807) is 25.1 Å². The Morgan fingerprint density at radius 3 is 2.81 bits per heavy atom. The number of benzene rings is 1. The van der Waals surface area contributed by atoms with Gasteiger partial charge in [0.2, 0.25) is 11.7 Å². The zero-order chi connectivity index (χ0) is 22.3. The van der Waals surface area contributed by atoms with E-state index in [9.17, 15) is 9.59 Å². The van der Waals surface area contributed by atoms with Gasteiger partial charge >= 0.3 is 0 Å². The number of thiophene rings is 1. The van der Waals surface area contributed by atoms with Gasteiger partial charge in [0.1, 0.15) is 11.4 Å². The van der Waals surface area contributed by atoms with Gasteiger partial charge in [-0.3, -0.25) is 14.2 Å². The minimum absolute atomic E-state index is 0.108. The molecule has 0 bridgehead atoms. The van der Waals surface area contributed by atoms with Crippen molar-refractivity contribution < 1.29 is 9.32 Å². The molecule has 4 aromatic rings. The van der Waals surface area contributed by atoms with Crippen molar-refractivity contribution in [3.8, 4) is 22.2 Å². The van der Waals surface area contributed by atoms with Gasteiger partial charge in [0.25, 0.3) is 11.4 Å². The Bertz CT molecular complexity index is 1350. The zero-order valence-corrected chi connectivity index (χ0v) is 19.0. The van der Waals surface area contributed by atoms with Crippen molar-refractivity contribution >= 4 is 39.1 Å². The van der Waals surface area contributed by atoms with Crippen LogP contribution in [-0.4, -0.2) is 31.1 Å². The van der Waals surface area contributed by atoms with Crippen LogP contribution in [0.15, 0.2) is 39.9 Å². The fourth-order valence-corrected chi connectivity index (χ4v) is 4.40. The monoisotopic (exact) mass is 457 g/mol. The van der Waals surface area contributed by atoms with E-state index in [4.69, 9.17) is 16.1 Å². The topological polar surface area (TPSA) is 103 Å². The molecule has 0 unspecified atom stereocenters. The van der Waals surface area contributed by atoms with Crippen LogP contribution in [0.1, 0.15) is 26.3 Å². The van der Waals surface area contributed by atoms with Crippen molar-refractivity contribution in [3.63, 3.8) is 0 Å². The number of hydrogen-bond acceptors (Lipinski definition) is 7. The minimum atomic E-state index is -0.387. The smallest absolute Gasteiger partial charge is 0.268 e. The molecule has 4 rings (SSSR count). The normalized spacial score (nSPS) is 11.8. The highest BCUT2D eigenvalue weighted by molar-refractivity contribution is 7.22. The lowest BCUT2D eigenvalue weighted by Crippen LogP contribution is -2.43. The average molecular weight is 458 g/mol. The summed E-state index contributed by atoms with van der Waals surface area (Å²) in [6.07, 6.45) is 1.39. The number of amides is 1. The van der Waals surface area contributed by atoms with Crippen molar-refractivity contribution in [1.82, 2.24) is 25.0 Å². The van der Waals surface area contributed by atoms with Gasteiger partial charge in [-0.2, -0.15) is 4.98 Å². The number of fused-ring (bicyclic) bond motifs is 1. The molecular formula is C21H20ClN5O3S. The van der Waals surface area contributed by atoms with Crippen LogP contribution >= 0.6 is 22.9 Å². The third kappa shape index (κ3) is 4.38. The predicted molar refractivity (Wildman–Crippen MR) is 120 cm³/mol. The maximum atomic E-state index is 13.0. The van der Waals surface area contributed by atoms with E-state index in [-0.39, 0.29) is 23.6 Å². The Morgan fingerprint density at radius 2 is 2.10 bits per heavy atom. The Labute approximate surface area is 186 Å². The first-order valence-electron chi connectivity index (χ1n) is 9.52. The lowest BCUT2D eigenvalue weighted by atomic mass is 10.1. The largest absolute Gasteiger partial charge is 0.350 e. The second-order valence-corrected chi connectivity index (χ2v) is 9.58. The maximum Gasteiger partial charge on any atom is 0.268 e. The van der Waals surface area contributed by atoms with Crippen LogP contribution in [0.2, 0.25) is 5.02 Å². The van der Waals surface area contributed by atoms with E-state index < -0.39 is 0 Å². The Balaban J connectivity index is 1.70. The van der Waals surface area contributed by atoms with Gasteiger partial charge in [-0.05, 0) is 45.4 Å². The number of nitrogens with one attached hydrogen (secondary N) is 1. The van der Waals surface area contributed by atoms with Crippen LogP contribution in [0.3, 0.4) is 0 Å². The molecule has 0 saturated heterocycles. The van der Waals surface area contributed by atoms with Crippen LogP contribution in [0.5, 0.6) is 0 Å². The zero-order valence-electron chi connectivity index (χ0n) is 17.4. The number of nitrogens with zero attached hydrogens (tertiary/aromatic N) is 4. The molecule has 0 spiro atoms. The third-order valence-corrected chi connectivity index (χ3v) is 5.87. The summed E-state index contributed by atoms with van der Waals surface area (Å²) in [5.41, 5.74) is 0.738. The summed E-state index contributed by atoms with van der Waals surface area (Å²) in [6.45, 7) is 7.34. The Hall–Kier alpha value is -3.04. The van der Waals surface area contributed by atoms with Crippen molar-refractivity contribution in [3.05, 3.63) is 51.5 Å². The molecule has 0 atom stereocenters. The maximum absolute atomic E-state index is 13.0. The molecule has 3 heterocycles. The summed E-state index contributed by atoms with van der Waals surface area (Å²) in [4.78, 5) is 35.3. The van der Waals surface area contributed by atoms with E-state index in [0.717, 1.165) is 5.56 Å². The van der Waals surface area contributed by atoms with E-state index in [2.05, 4.69) is 20.4 Å². The molecule has 3 aromatic heterocycles. The molecule has 1 aromatic carbocycles.